The highest BCUT2D eigenvalue weighted by Crippen LogP contribution is 2.36. The Balaban J connectivity index is 1.56. The molecule has 2 aliphatic rings. The average molecular weight is 485 g/mol. The SMILES string of the molecule is CC(C)C1NC2(CCN(C(=O)c3cccc(Cl)c3Cl)CC2)N(Cc2cccc(C#N)c2)C1=O. The molecule has 0 aliphatic carbocycles. The van der Waals surface area contributed by atoms with Crippen molar-refractivity contribution in [3.05, 3.63) is 69.2 Å². The minimum Gasteiger partial charge on any atom is -0.338 e. The second-order valence-corrected chi connectivity index (χ2v) is 9.81. The zero-order chi connectivity index (χ0) is 23.8. The molecular weight excluding hydrogens is 459 g/mol. The van der Waals surface area contributed by atoms with Gasteiger partial charge in [-0.2, -0.15) is 5.26 Å². The fourth-order valence-electron chi connectivity index (χ4n) is 4.74. The van der Waals surface area contributed by atoms with Crippen molar-refractivity contribution in [3.63, 3.8) is 0 Å². The lowest BCUT2D eigenvalue weighted by atomic mass is 9.94. The van der Waals surface area contributed by atoms with Gasteiger partial charge in [0.1, 0.15) is 0 Å². The van der Waals surface area contributed by atoms with E-state index in [2.05, 4.69) is 11.4 Å². The molecular formula is C25H26Cl2N4O2. The molecule has 2 aliphatic heterocycles. The first-order chi connectivity index (χ1) is 15.8. The van der Waals surface area contributed by atoms with Crippen LogP contribution in [0.25, 0.3) is 0 Å². The average Bonchev–Trinajstić information content (AvgIpc) is 3.07. The van der Waals surface area contributed by atoms with Crippen LogP contribution in [0, 0.1) is 17.2 Å². The molecule has 2 fully saturated rings. The molecule has 0 bridgehead atoms. The molecule has 0 aromatic heterocycles. The quantitative estimate of drug-likeness (QED) is 0.694. The van der Waals surface area contributed by atoms with Crippen LogP contribution < -0.4 is 5.32 Å². The fourth-order valence-corrected chi connectivity index (χ4v) is 5.13. The van der Waals surface area contributed by atoms with Crippen molar-refractivity contribution in [1.82, 2.24) is 15.1 Å². The molecule has 1 N–H and O–H groups in total. The Labute approximate surface area is 204 Å². The van der Waals surface area contributed by atoms with Crippen molar-refractivity contribution >= 4 is 35.0 Å². The zero-order valence-electron chi connectivity index (χ0n) is 18.6. The summed E-state index contributed by atoms with van der Waals surface area (Å²) >= 11 is 12.4. The molecule has 1 spiro atoms. The van der Waals surface area contributed by atoms with Crippen LogP contribution in [-0.2, 0) is 11.3 Å². The number of likely N-dealkylation sites (tertiary alicyclic amines) is 1. The van der Waals surface area contributed by atoms with Gasteiger partial charge in [0.05, 0.1) is 38.9 Å². The van der Waals surface area contributed by atoms with Crippen molar-refractivity contribution < 1.29 is 9.59 Å². The molecule has 8 heteroatoms. The van der Waals surface area contributed by atoms with Gasteiger partial charge in [-0.15, -0.1) is 0 Å². The number of carbonyl (C=O) groups is 2. The largest absolute Gasteiger partial charge is 0.338 e. The summed E-state index contributed by atoms with van der Waals surface area (Å²) in [5.41, 5.74) is 1.34. The van der Waals surface area contributed by atoms with Crippen LogP contribution in [-0.4, -0.2) is 46.4 Å². The first-order valence-corrected chi connectivity index (χ1v) is 11.8. The summed E-state index contributed by atoms with van der Waals surface area (Å²) in [5.74, 6) is 0.0372. The Kier molecular flexibility index (Phi) is 6.67. The van der Waals surface area contributed by atoms with E-state index in [-0.39, 0.29) is 28.8 Å². The maximum atomic E-state index is 13.4. The summed E-state index contributed by atoms with van der Waals surface area (Å²) in [6.07, 6.45) is 1.20. The van der Waals surface area contributed by atoms with Crippen LogP contribution in [0.4, 0.5) is 0 Å². The fraction of sp³-hybridized carbons (Fsp3) is 0.400. The van der Waals surface area contributed by atoms with Gasteiger partial charge >= 0.3 is 0 Å². The first kappa shape index (κ1) is 23.6. The molecule has 2 aromatic rings. The summed E-state index contributed by atoms with van der Waals surface area (Å²) in [6, 6.07) is 14.3. The molecule has 0 saturated carbocycles. The van der Waals surface area contributed by atoms with E-state index in [9.17, 15) is 14.9 Å². The van der Waals surface area contributed by atoms with Gasteiger partial charge in [0.2, 0.25) is 5.91 Å². The first-order valence-electron chi connectivity index (χ1n) is 11.1. The van der Waals surface area contributed by atoms with Gasteiger partial charge in [0.25, 0.3) is 5.91 Å². The molecule has 172 valence electrons. The number of nitriles is 1. The van der Waals surface area contributed by atoms with Crippen LogP contribution in [0.5, 0.6) is 0 Å². The van der Waals surface area contributed by atoms with Gasteiger partial charge in [-0.1, -0.05) is 55.2 Å². The topological polar surface area (TPSA) is 76.4 Å². The number of amides is 2. The van der Waals surface area contributed by atoms with E-state index in [4.69, 9.17) is 23.2 Å². The Morgan fingerprint density at radius 1 is 1.21 bits per heavy atom. The number of hydrogen-bond acceptors (Lipinski definition) is 4. The lowest BCUT2D eigenvalue weighted by molar-refractivity contribution is -0.134. The van der Waals surface area contributed by atoms with Gasteiger partial charge in [0.15, 0.2) is 0 Å². The summed E-state index contributed by atoms with van der Waals surface area (Å²) in [4.78, 5) is 30.2. The normalized spacial score (nSPS) is 19.9. The van der Waals surface area contributed by atoms with E-state index in [1.54, 1.807) is 29.2 Å². The minimum atomic E-state index is -0.538. The monoisotopic (exact) mass is 484 g/mol. The summed E-state index contributed by atoms with van der Waals surface area (Å²) in [7, 11) is 0. The number of benzene rings is 2. The summed E-state index contributed by atoms with van der Waals surface area (Å²) in [6.45, 7) is 5.45. The van der Waals surface area contributed by atoms with E-state index < -0.39 is 5.66 Å². The smallest absolute Gasteiger partial charge is 0.255 e. The van der Waals surface area contributed by atoms with Gasteiger partial charge in [-0.3, -0.25) is 14.9 Å². The van der Waals surface area contributed by atoms with Crippen molar-refractivity contribution in [2.75, 3.05) is 13.1 Å². The van der Waals surface area contributed by atoms with Gasteiger partial charge in [-0.05, 0) is 35.7 Å². The van der Waals surface area contributed by atoms with E-state index in [1.165, 1.54) is 0 Å². The van der Waals surface area contributed by atoms with Crippen molar-refractivity contribution in [3.8, 4) is 6.07 Å². The predicted molar refractivity (Wildman–Crippen MR) is 128 cm³/mol. The van der Waals surface area contributed by atoms with Crippen molar-refractivity contribution in [2.45, 2.75) is 44.9 Å². The third kappa shape index (κ3) is 4.46. The number of halogens is 2. The number of nitrogens with one attached hydrogen (secondary N) is 1. The molecule has 4 rings (SSSR count). The van der Waals surface area contributed by atoms with Crippen LogP contribution in [0.3, 0.4) is 0 Å². The van der Waals surface area contributed by atoms with Gasteiger partial charge in [-0.25, -0.2) is 0 Å². The van der Waals surface area contributed by atoms with Crippen molar-refractivity contribution in [2.24, 2.45) is 5.92 Å². The molecule has 0 radical (unpaired) electrons. The Morgan fingerprint density at radius 2 is 1.91 bits per heavy atom. The highest BCUT2D eigenvalue weighted by atomic mass is 35.5. The molecule has 2 heterocycles. The Morgan fingerprint density at radius 3 is 2.58 bits per heavy atom. The zero-order valence-corrected chi connectivity index (χ0v) is 20.2. The van der Waals surface area contributed by atoms with Crippen LogP contribution in [0.15, 0.2) is 42.5 Å². The Hall–Kier alpha value is -2.59. The van der Waals surface area contributed by atoms with E-state index in [1.807, 2.05) is 36.9 Å². The van der Waals surface area contributed by atoms with E-state index in [0.29, 0.717) is 48.6 Å². The Bertz CT molecular complexity index is 1120. The molecule has 2 saturated heterocycles. The highest BCUT2D eigenvalue weighted by Gasteiger charge is 2.52. The maximum Gasteiger partial charge on any atom is 0.255 e. The van der Waals surface area contributed by atoms with E-state index in [0.717, 1.165) is 5.56 Å². The molecule has 2 amide bonds. The number of rotatable bonds is 4. The molecule has 2 aromatic carbocycles. The van der Waals surface area contributed by atoms with E-state index >= 15 is 0 Å². The van der Waals surface area contributed by atoms with Gasteiger partial charge in [0, 0.05) is 32.5 Å². The second-order valence-electron chi connectivity index (χ2n) is 9.03. The summed E-state index contributed by atoms with van der Waals surface area (Å²) in [5, 5.41) is 13.5. The predicted octanol–water partition coefficient (Wildman–Crippen LogP) is 4.45. The highest BCUT2D eigenvalue weighted by molar-refractivity contribution is 6.43. The molecule has 6 nitrogen and oxygen atoms in total. The maximum absolute atomic E-state index is 13.4. The molecule has 33 heavy (non-hydrogen) atoms. The number of nitrogens with zero attached hydrogens (tertiary/aromatic N) is 3. The lowest BCUT2D eigenvalue weighted by Crippen LogP contribution is -2.59. The second kappa shape index (κ2) is 9.34. The van der Waals surface area contributed by atoms with Gasteiger partial charge < -0.3 is 9.80 Å². The van der Waals surface area contributed by atoms with Crippen molar-refractivity contribution in [1.29, 1.82) is 5.26 Å². The molecule has 1 unspecified atom stereocenters. The number of piperidine rings is 1. The summed E-state index contributed by atoms with van der Waals surface area (Å²) < 4.78 is 0. The van der Waals surface area contributed by atoms with Crippen LogP contribution in [0.1, 0.15) is 48.2 Å². The third-order valence-corrected chi connectivity index (χ3v) is 7.42. The number of carbonyl (C=O) groups excluding carboxylic acids is 2. The number of hydrogen-bond donors (Lipinski definition) is 1. The lowest BCUT2D eigenvalue weighted by Gasteiger charge is -2.45. The van der Waals surface area contributed by atoms with Crippen LogP contribution >= 0.6 is 23.2 Å². The third-order valence-electron chi connectivity index (χ3n) is 6.60. The molecule has 1 atom stereocenters. The standard InChI is InChI=1S/C25H26Cl2N4O2/c1-16(2)22-24(33)31(15-18-6-3-5-17(13-18)14-28)25(29-22)9-11-30(12-10-25)23(32)19-7-4-8-20(26)21(19)27/h3-8,13,16,22,29H,9-12,15H2,1-2H3. The van der Waals surface area contributed by atoms with Crippen LogP contribution in [0.2, 0.25) is 10.0 Å². The minimum absolute atomic E-state index is 0.0602.